The summed E-state index contributed by atoms with van der Waals surface area (Å²) in [6.45, 7) is 8.38. The fourth-order valence-corrected chi connectivity index (χ4v) is 3.97. The van der Waals surface area contributed by atoms with Gasteiger partial charge in [0.15, 0.2) is 18.3 Å². The number of piperidine rings is 1. The van der Waals surface area contributed by atoms with Crippen LogP contribution in [0.1, 0.15) is 51.0 Å². The van der Waals surface area contributed by atoms with Gasteiger partial charge in [-0.3, -0.25) is 4.79 Å². The van der Waals surface area contributed by atoms with Crippen LogP contribution in [0.2, 0.25) is 0 Å². The highest BCUT2D eigenvalue weighted by Crippen LogP contribution is 2.28. The lowest BCUT2D eigenvalue weighted by Gasteiger charge is -2.46. The van der Waals surface area contributed by atoms with Crippen LogP contribution in [0.5, 0.6) is 5.75 Å². The first kappa shape index (κ1) is 20.3. The van der Waals surface area contributed by atoms with Gasteiger partial charge >= 0.3 is 0 Å². The Balaban J connectivity index is 1.59. The van der Waals surface area contributed by atoms with Gasteiger partial charge in [-0.25, -0.2) is 13.5 Å². The molecule has 0 radical (unpaired) electrons. The molecule has 0 spiro atoms. The van der Waals surface area contributed by atoms with Crippen molar-refractivity contribution in [2.45, 2.75) is 64.4 Å². The predicted octanol–water partition coefficient (Wildman–Crippen LogP) is 3.24. The van der Waals surface area contributed by atoms with Crippen molar-refractivity contribution in [3.8, 4) is 5.75 Å². The molecule has 28 heavy (non-hydrogen) atoms. The monoisotopic (exact) mass is 392 g/mol. The molecule has 1 fully saturated rings. The lowest BCUT2D eigenvalue weighted by Crippen LogP contribution is -2.62. The Kier molecular flexibility index (Phi) is 5.43. The summed E-state index contributed by atoms with van der Waals surface area (Å²) in [5.74, 6) is -1.80. The highest BCUT2D eigenvalue weighted by Gasteiger charge is 2.38. The molecule has 0 bridgehead atoms. The molecule has 0 saturated carbocycles. The van der Waals surface area contributed by atoms with E-state index in [-0.39, 0.29) is 41.2 Å². The average molecular weight is 392 g/mol. The molecule has 0 aliphatic carbocycles. The number of aromatic nitrogens is 2. The van der Waals surface area contributed by atoms with E-state index in [4.69, 9.17) is 4.74 Å². The minimum absolute atomic E-state index is 0.0356. The van der Waals surface area contributed by atoms with Crippen LogP contribution in [0.25, 0.3) is 0 Å². The van der Waals surface area contributed by atoms with Gasteiger partial charge in [0.05, 0.1) is 0 Å². The Morgan fingerprint density at radius 1 is 1.25 bits per heavy atom. The Morgan fingerprint density at radius 2 is 1.93 bits per heavy atom. The minimum atomic E-state index is -0.791. The molecule has 2 heterocycles. The van der Waals surface area contributed by atoms with Crippen LogP contribution >= 0.6 is 0 Å². The summed E-state index contributed by atoms with van der Waals surface area (Å²) < 4.78 is 33.2. The van der Waals surface area contributed by atoms with Crippen LogP contribution in [-0.2, 0) is 6.73 Å². The zero-order valence-corrected chi connectivity index (χ0v) is 16.6. The minimum Gasteiger partial charge on any atom is -0.468 e. The summed E-state index contributed by atoms with van der Waals surface area (Å²) in [5, 5.41) is 10.8. The Labute approximate surface area is 163 Å². The summed E-state index contributed by atoms with van der Waals surface area (Å²) in [4.78, 5) is 12.6. The summed E-state index contributed by atoms with van der Waals surface area (Å²) in [5.41, 5.74) is 0.107. The number of rotatable bonds is 5. The van der Waals surface area contributed by atoms with Crippen molar-refractivity contribution in [3.63, 3.8) is 0 Å². The van der Waals surface area contributed by atoms with Crippen molar-refractivity contribution in [1.29, 1.82) is 0 Å². The highest BCUT2D eigenvalue weighted by atomic mass is 19.1. The van der Waals surface area contributed by atoms with Crippen LogP contribution in [0.3, 0.4) is 0 Å². The third kappa shape index (κ3) is 5.07. The van der Waals surface area contributed by atoms with E-state index >= 15 is 0 Å². The number of benzene rings is 1. The number of nitrogens with one attached hydrogen (secondary N) is 2. The molecule has 1 aliphatic heterocycles. The number of halogens is 2. The van der Waals surface area contributed by atoms with Gasteiger partial charge in [0.1, 0.15) is 11.5 Å². The zero-order valence-electron chi connectivity index (χ0n) is 16.6. The first-order chi connectivity index (χ1) is 13.0. The van der Waals surface area contributed by atoms with Crippen LogP contribution in [0.15, 0.2) is 30.5 Å². The van der Waals surface area contributed by atoms with Crippen molar-refractivity contribution < 1.29 is 18.3 Å². The van der Waals surface area contributed by atoms with Gasteiger partial charge in [-0.2, -0.15) is 5.10 Å². The molecule has 3 rings (SSSR count). The summed E-state index contributed by atoms with van der Waals surface area (Å²) in [6.07, 6.45) is 3.21. The van der Waals surface area contributed by atoms with Crippen LogP contribution in [0.4, 0.5) is 8.78 Å². The number of hydrogen-bond donors (Lipinski definition) is 2. The molecule has 6 nitrogen and oxygen atoms in total. The van der Waals surface area contributed by atoms with Gasteiger partial charge in [-0.05, 0) is 58.7 Å². The third-order valence-electron chi connectivity index (χ3n) is 4.64. The predicted molar refractivity (Wildman–Crippen MR) is 101 cm³/mol. The first-order valence-electron chi connectivity index (χ1n) is 9.25. The molecule has 1 saturated heterocycles. The maximum Gasteiger partial charge on any atom is 0.271 e. The second kappa shape index (κ2) is 7.50. The Morgan fingerprint density at radius 3 is 2.57 bits per heavy atom. The van der Waals surface area contributed by atoms with E-state index < -0.39 is 11.6 Å². The molecule has 0 unspecified atom stereocenters. The SMILES string of the molecule is CC1(C)CC(NC(=O)c2ccn(COc3ccc(F)cc3F)n2)CC(C)(C)N1. The van der Waals surface area contributed by atoms with Gasteiger partial charge in [0.25, 0.3) is 5.91 Å². The van der Waals surface area contributed by atoms with Gasteiger partial charge in [-0.1, -0.05) is 0 Å². The summed E-state index contributed by atoms with van der Waals surface area (Å²) >= 11 is 0. The number of amides is 1. The van der Waals surface area contributed by atoms with Crippen molar-refractivity contribution >= 4 is 5.91 Å². The molecule has 1 aliphatic rings. The van der Waals surface area contributed by atoms with Crippen molar-refractivity contribution in [2.75, 3.05) is 0 Å². The molecular formula is C20H26F2N4O2. The van der Waals surface area contributed by atoms with E-state index in [9.17, 15) is 13.6 Å². The van der Waals surface area contributed by atoms with Gasteiger partial charge in [0.2, 0.25) is 0 Å². The highest BCUT2D eigenvalue weighted by molar-refractivity contribution is 5.92. The third-order valence-corrected chi connectivity index (χ3v) is 4.64. The number of carbonyl (C=O) groups is 1. The van der Waals surface area contributed by atoms with Gasteiger partial charge < -0.3 is 15.4 Å². The van der Waals surface area contributed by atoms with E-state index in [1.54, 1.807) is 12.3 Å². The van der Waals surface area contributed by atoms with Crippen molar-refractivity contribution in [3.05, 3.63) is 47.8 Å². The fraction of sp³-hybridized carbons (Fsp3) is 0.500. The second-order valence-electron chi connectivity index (χ2n) is 8.56. The molecule has 0 atom stereocenters. The molecular weight excluding hydrogens is 366 g/mol. The molecule has 8 heteroatoms. The molecule has 2 N–H and O–H groups in total. The molecule has 1 aromatic heterocycles. The second-order valence-corrected chi connectivity index (χ2v) is 8.56. The van der Waals surface area contributed by atoms with E-state index in [1.165, 1.54) is 10.7 Å². The number of carbonyl (C=O) groups excluding carboxylic acids is 1. The van der Waals surface area contributed by atoms with E-state index in [0.717, 1.165) is 25.0 Å². The maximum atomic E-state index is 13.6. The zero-order chi connectivity index (χ0) is 20.5. The smallest absolute Gasteiger partial charge is 0.271 e. The van der Waals surface area contributed by atoms with Gasteiger partial charge in [-0.15, -0.1) is 0 Å². The number of hydrogen-bond acceptors (Lipinski definition) is 4. The van der Waals surface area contributed by atoms with Crippen LogP contribution < -0.4 is 15.4 Å². The van der Waals surface area contributed by atoms with Gasteiger partial charge in [0, 0.05) is 29.4 Å². The Hall–Kier alpha value is -2.48. The normalized spacial score (nSPS) is 18.6. The quantitative estimate of drug-likeness (QED) is 0.820. The topological polar surface area (TPSA) is 68.2 Å². The number of nitrogens with zero attached hydrogens (tertiary/aromatic N) is 2. The lowest BCUT2D eigenvalue weighted by atomic mass is 9.79. The maximum absolute atomic E-state index is 13.6. The molecule has 1 amide bonds. The average Bonchev–Trinajstić information content (AvgIpc) is 3.00. The van der Waals surface area contributed by atoms with E-state index in [1.807, 2.05) is 0 Å². The summed E-state index contributed by atoms with van der Waals surface area (Å²) in [7, 11) is 0. The van der Waals surface area contributed by atoms with Crippen molar-refractivity contribution in [2.24, 2.45) is 0 Å². The molecule has 152 valence electrons. The van der Waals surface area contributed by atoms with Crippen molar-refractivity contribution in [1.82, 2.24) is 20.4 Å². The standard InChI is InChI=1S/C20H26F2N4O2/c1-19(2)10-14(11-20(3,4)25-19)23-18(27)16-7-8-26(24-16)12-28-17-6-5-13(21)9-15(17)22/h5-9,14,25H,10-12H2,1-4H3,(H,23,27). The van der Waals surface area contributed by atoms with E-state index in [2.05, 4.69) is 43.4 Å². The van der Waals surface area contributed by atoms with Crippen LogP contribution in [-0.4, -0.2) is 32.8 Å². The number of ether oxygens (including phenoxy) is 1. The summed E-state index contributed by atoms with van der Waals surface area (Å²) in [6, 6.07) is 4.69. The first-order valence-corrected chi connectivity index (χ1v) is 9.25. The van der Waals surface area contributed by atoms with Crippen LogP contribution in [0, 0.1) is 11.6 Å². The lowest BCUT2D eigenvalue weighted by molar-refractivity contribution is 0.0866. The fourth-order valence-electron chi connectivity index (χ4n) is 3.97. The Bertz CT molecular complexity index is 848. The molecule has 2 aromatic rings. The largest absolute Gasteiger partial charge is 0.468 e. The van der Waals surface area contributed by atoms with E-state index in [0.29, 0.717) is 0 Å². The molecule has 1 aromatic carbocycles.